The summed E-state index contributed by atoms with van der Waals surface area (Å²) in [6.45, 7) is 3.85. The van der Waals surface area contributed by atoms with Crippen LogP contribution in [0.15, 0.2) is 0 Å². The summed E-state index contributed by atoms with van der Waals surface area (Å²) < 4.78 is 24.3. The molecule has 0 aromatic heterocycles. The molecule has 88 valence electrons. The van der Waals surface area contributed by atoms with Gasteiger partial charge in [0.2, 0.25) is 0 Å². The molecular formula is C11H20F2N2. The van der Waals surface area contributed by atoms with Crippen LogP contribution in [0.3, 0.4) is 0 Å². The van der Waals surface area contributed by atoms with Crippen molar-refractivity contribution in [2.24, 2.45) is 5.92 Å². The Morgan fingerprint density at radius 3 is 2.40 bits per heavy atom. The van der Waals surface area contributed by atoms with Crippen molar-refractivity contribution in [3.05, 3.63) is 0 Å². The Labute approximate surface area is 90.0 Å². The van der Waals surface area contributed by atoms with Crippen LogP contribution in [0.1, 0.15) is 26.2 Å². The maximum absolute atomic E-state index is 12.1. The lowest BCUT2D eigenvalue weighted by Crippen LogP contribution is -2.44. The normalized spacial score (nSPS) is 33.6. The number of rotatable bonds is 4. The molecule has 0 radical (unpaired) electrons. The smallest absolute Gasteiger partial charge is 0.251 e. The molecule has 2 rings (SSSR count). The maximum Gasteiger partial charge on any atom is 0.251 e. The van der Waals surface area contributed by atoms with Gasteiger partial charge < -0.3 is 5.32 Å². The number of hydrogen-bond donors (Lipinski definition) is 1. The number of nitrogens with zero attached hydrogens (tertiary/aromatic N) is 1. The van der Waals surface area contributed by atoms with E-state index in [4.69, 9.17) is 0 Å². The van der Waals surface area contributed by atoms with Crippen LogP contribution >= 0.6 is 0 Å². The second-order valence-corrected chi connectivity index (χ2v) is 4.95. The minimum atomic E-state index is -2.18. The van der Waals surface area contributed by atoms with Crippen molar-refractivity contribution < 1.29 is 8.78 Å². The summed E-state index contributed by atoms with van der Waals surface area (Å²) in [5.74, 6) is 0.823. The minimum Gasteiger partial charge on any atom is -0.311 e. The highest BCUT2D eigenvalue weighted by Gasteiger charge is 2.34. The molecule has 2 fully saturated rings. The Hall–Kier alpha value is -0.220. The number of hydrogen-bond acceptors (Lipinski definition) is 2. The van der Waals surface area contributed by atoms with E-state index in [1.165, 1.54) is 6.42 Å². The molecule has 1 saturated carbocycles. The van der Waals surface area contributed by atoms with Crippen LogP contribution in [0.25, 0.3) is 0 Å². The van der Waals surface area contributed by atoms with E-state index in [-0.39, 0.29) is 6.54 Å². The molecule has 0 amide bonds. The fraction of sp³-hybridized carbons (Fsp3) is 1.00. The molecule has 2 unspecified atom stereocenters. The predicted octanol–water partition coefficient (Wildman–Crippen LogP) is 1.71. The van der Waals surface area contributed by atoms with Crippen molar-refractivity contribution >= 4 is 0 Å². The van der Waals surface area contributed by atoms with Crippen LogP contribution in [-0.2, 0) is 0 Å². The number of piperidine rings is 1. The summed E-state index contributed by atoms with van der Waals surface area (Å²) in [5, 5.41) is 3.60. The molecule has 2 nitrogen and oxygen atoms in total. The lowest BCUT2D eigenvalue weighted by atomic mass is 10.1. The largest absolute Gasteiger partial charge is 0.311 e. The third-order valence-electron chi connectivity index (χ3n) is 3.54. The highest BCUT2D eigenvalue weighted by Crippen LogP contribution is 2.30. The van der Waals surface area contributed by atoms with Crippen molar-refractivity contribution in [2.75, 3.05) is 19.6 Å². The standard InChI is InChI=1S/C11H20F2N2/c1-8-6-10(8)14-9-2-4-15(5-3-9)7-11(12)13/h8-11,14H,2-7H2,1H3. The van der Waals surface area contributed by atoms with Gasteiger partial charge in [0, 0.05) is 12.1 Å². The molecular weight excluding hydrogens is 198 g/mol. The summed E-state index contributed by atoms with van der Waals surface area (Å²) in [7, 11) is 0. The third-order valence-corrected chi connectivity index (χ3v) is 3.54. The van der Waals surface area contributed by atoms with Crippen molar-refractivity contribution in [1.82, 2.24) is 10.2 Å². The Balaban J connectivity index is 1.63. The van der Waals surface area contributed by atoms with Gasteiger partial charge in [-0.25, -0.2) is 8.78 Å². The Kier molecular flexibility index (Phi) is 3.57. The topological polar surface area (TPSA) is 15.3 Å². The molecule has 2 aliphatic rings. The average molecular weight is 218 g/mol. The predicted molar refractivity (Wildman–Crippen MR) is 56.2 cm³/mol. The van der Waals surface area contributed by atoms with Gasteiger partial charge in [-0.1, -0.05) is 6.92 Å². The lowest BCUT2D eigenvalue weighted by Gasteiger charge is -2.32. The first kappa shape index (κ1) is 11.3. The number of alkyl halides is 2. The van der Waals surface area contributed by atoms with Gasteiger partial charge in [0.05, 0.1) is 6.54 Å². The summed E-state index contributed by atoms with van der Waals surface area (Å²) >= 11 is 0. The molecule has 0 bridgehead atoms. The summed E-state index contributed by atoms with van der Waals surface area (Å²) in [5.41, 5.74) is 0. The second-order valence-electron chi connectivity index (χ2n) is 4.95. The van der Waals surface area contributed by atoms with E-state index in [2.05, 4.69) is 12.2 Å². The molecule has 15 heavy (non-hydrogen) atoms. The zero-order valence-electron chi connectivity index (χ0n) is 9.26. The van der Waals surface area contributed by atoms with Gasteiger partial charge in [-0.3, -0.25) is 4.90 Å². The zero-order valence-corrected chi connectivity index (χ0v) is 9.26. The molecule has 1 N–H and O–H groups in total. The first-order valence-corrected chi connectivity index (χ1v) is 5.91. The van der Waals surface area contributed by atoms with E-state index in [0.717, 1.165) is 31.8 Å². The van der Waals surface area contributed by atoms with Crippen LogP contribution in [0, 0.1) is 5.92 Å². The fourth-order valence-electron chi connectivity index (χ4n) is 2.33. The van der Waals surface area contributed by atoms with Gasteiger partial charge in [0.25, 0.3) is 6.43 Å². The van der Waals surface area contributed by atoms with Gasteiger partial charge in [0.15, 0.2) is 0 Å². The molecule has 0 aromatic carbocycles. The van der Waals surface area contributed by atoms with Crippen molar-refractivity contribution in [1.29, 1.82) is 0 Å². The summed E-state index contributed by atoms with van der Waals surface area (Å²) in [4.78, 5) is 1.87. The van der Waals surface area contributed by atoms with Crippen LogP contribution in [0.2, 0.25) is 0 Å². The number of halogens is 2. The molecule has 1 heterocycles. The van der Waals surface area contributed by atoms with E-state index >= 15 is 0 Å². The third kappa shape index (κ3) is 3.38. The first-order chi connectivity index (χ1) is 7.15. The molecule has 4 heteroatoms. The van der Waals surface area contributed by atoms with Gasteiger partial charge in [-0.05, 0) is 38.3 Å². The number of likely N-dealkylation sites (tertiary alicyclic amines) is 1. The van der Waals surface area contributed by atoms with Crippen molar-refractivity contribution in [3.8, 4) is 0 Å². The first-order valence-electron chi connectivity index (χ1n) is 5.91. The Morgan fingerprint density at radius 2 is 1.93 bits per heavy atom. The van der Waals surface area contributed by atoms with Gasteiger partial charge in [-0.15, -0.1) is 0 Å². The van der Waals surface area contributed by atoms with Crippen molar-refractivity contribution in [3.63, 3.8) is 0 Å². The van der Waals surface area contributed by atoms with E-state index in [0.29, 0.717) is 12.1 Å². The minimum absolute atomic E-state index is 0.0491. The highest BCUT2D eigenvalue weighted by molar-refractivity contribution is 4.93. The van der Waals surface area contributed by atoms with Gasteiger partial charge in [-0.2, -0.15) is 0 Å². The van der Waals surface area contributed by atoms with E-state index in [9.17, 15) is 8.78 Å². The monoisotopic (exact) mass is 218 g/mol. The highest BCUT2D eigenvalue weighted by atomic mass is 19.3. The lowest BCUT2D eigenvalue weighted by molar-refractivity contribution is 0.0728. The molecule has 1 aliphatic carbocycles. The summed E-state index contributed by atoms with van der Waals surface area (Å²) in [6.07, 6.45) is 1.15. The molecule has 0 spiro atoms. The average Bonchev–Trinajstić information content (AvgIpc) is 2.84. The summed E-state index contributed by atoms with van der Waals surface area (Å²) in [6, 6.07) is 1.27. The Bertz CT molecular complexity index is 203. The van der Waals surface area contributed by atoms with Crippen LogP contribution in [0.4, 0.5) is 8.78 Å². The van der Waals surface area contributed by atoms with Crippen LogP contribution in [-0.4, -0.2) is 43.0 Å². The molecule has 0 aromatic rings. The van der Waals surface area contributed by atoms with Crippen molar-refractivity contribution in [2.45, 2.75) is 44.7 Å². The quantitative estimate of drug-likeness (QED) is 0.773. The molecule has 2 atom stereocenters. The number of nitrogens with one attached hydrogen (secondary N) is 1. The fourth-order valence-corrected chi connectivity index (χ4v) is 2.33. The van der Waals surface area contributed by atoms with Crippen LogP contribution in [0.5, 0.6) is 0 Å². The SMILES string of the molecule is CC1CC1NC1CCN(CC(F)F)CC1. The van der Waals surface area contributed by atoms with Crippen LogP contribution < -0.4 is 5.32 Å². The van der Waals surface area contributed by atoms with Gasteiger partial charge >= 0.3 is 0 Å². The van der Waals surface area contributed by atoms with Gasteiger partial charge in [0.1, 0.15) is 0 Å². The van der Waals surface area contributed by atoms with E-state index in [1.807, 2.05) is 4.90 Å². The van der Waals surface area contributed by atoms with E-state index in [1.54, 1.807) is 0 Å². The molecule has 1 saturated heterocycles. The maximum atomic E-state index is 12.1. The van der Waals surface area contributed by atoms with E-state index < -0.39 is 6.43 Å². The Morgan fingerprint density at radius 1 is 1.33 bits per heavy atom. The second kappa shape index (κ2) is 4.74. The zero-order chi connectivity index (χ0) is 10.8. The molecule has 1 aliphatic heterocycles.